The first-order chi connectivity index (χ1) is 16.9. The van der Waals surface area contributed by atoms with Crippen molar-refractivity contribution >= 4 is 68.5 Å². The van der Waals surface area contributed by atoms with Gasteiger partial charge in [0, 0.05) is 27.7 Å². The Kier molecular flexibility index (Phi) is 6.40. The van der Waals surface area contributed by atoms with Crippen molar-refractivity contribution in [1.82, 2.24) is 4.57 Å². The Morgan fingerprint density at radius 3 is 2.60 bits per heavy atom. The van der Waals surface area contributed by atoms with E-state index in [2.05, 4.69) is 4.57 Å². The molecule has 3 aromatic carbocycles. The molecular formula is C27H20ClFN2O2S2. The number of benzene rings is 3. The van der Waals surface area contributed by atoms with Gasteiger partial charge in [-0.2, -0.15) is 0 Å². The topological polar surface area (TPSA) is 34.5 Å². The molecule has 176 valence electrons. The van der Waals surface area contributed by atoms with Crippen LogP contribution in [0.1, 0.15) is 16.8 Å². The van der Waals surface area contributed by atoms with Crippen LogP contribution in [0, 0.1) is 12.7 Å². The first-order valence-electron chi connectivity index (χ1n) is 10.8. The van der Waals surface area contributed by atoms with E-state index in [9.17, 15) is 9.18 Å². The Balaban J connectivity index is 1.56. The molecule has 0 radical (unpaired) electrons. The second-order valence-electron chi connectivity index (χ2n) is 8.03. The highest BCUT2D eigenvalue weighted by Gasteiger charge is 2.34. The average molecular weight is 523 g/mol. The van der Waals surface area contributed by atoms with Crippen molar-refractivity contribution in [2.75, 3.05) is 12.0 Å². The normalized spacial score (nSPS) is 15.0. The summed E-state index contributed by atoms with van der Waals surface area (Å²) in [5.74, 6) is 0.0616. The minimum Gasteiger partial charge on any atom is -0.495 e. The predicted molar refractivity (Wildman–Crippen MR) is 146 cm³/mol. The number of methoxy groups -OCH3 is 1. The number of carbonyl (C=O) groups excluding carboxylic acids is 1. The summed E-state index contributed by atoms with van der Waals surface area (Å²) in [6, 6.07) is 19.8. The number of aromatic nitrogens is 1. The summed E-state index contributed by atoms with van der Waals surface area (Å²) in [6.07, 6.45) is 1.87. The Bertz CT molecular complexity index is 1530. The molecule has 1 aliphatic rings. The maximum atomic E-state index is 14.4. The van der Waals surface area contributed by atoms with Gasteiger partial charge in [-0.05, 0) is 43.3 Å². The van der Waals surface area contributed by atoms with Crippen molar-refractivity contribution in [3.63, 3.8) is 0 Å². The van der Waals surface area contributed by atoms with E-state index >= 15 is 0 Å². The van der Waals surface area contributed by atoms with Crippen LogP contribution in [0.4, 0.5) is 10.1 Å². The summed E-state index contributed by atoms with van der Waals surface area (Å²) < 4.78 is 22.1. The number of rotatable bonds is 5. The van der Waals surface area contributed by atoms with Crippen molar-refractivity contribution in [1.29, 1.82) is 0 Å². The van der Waals surface area contributed by atoms with Gasteiger partial charge in [0.1, 0.15) is 11.6 Å². The van der Waals surface area contributed by atoms with Crippen LogP contribution in [0.15, 0.2) is 71.6 Å². The maximum absolute atomic E-state index is 14.4. The van der Waals surface area contributed by atoms with Crippen molar-refractivity contribution in [3.05, 3.63) is 99.3 Å². The number of thioether (sulfide) groups is 1. The van der Waals surface area contributed by atoms with E-state index in [1.54, 1.807) is 30.3 Å². The van der Waals surface area contributed by atoms with Crippen LogP contribution in [0.5, 0.6) is 5.75 Å². The Morgan fingerprint density at radius 2 is 1.86 bits per heavy atom. The third-order valence-corrected chi connectivity index (χ3v) is 7.63. The highest BCUT2D eigenvalue weighted by Crippen LogP contribution is 2.40. The number of hydrogen-bond donors (Lipinski definition) is 0. The van der Waals surface area contributed by atoms with Crippen molar-refractivity contribution in [2.24, 2.45) is 0 Å². The van der Waals surface area contributed by atoms with Crippen molar-refractivity contribution < 1.29 is 13.9 Å². The maximum Gasteiger partial charge on any atom is 0.270 e. The fraction of sp³-hybridized carbons (Fsp3) is 0.111. The molecule has 2 heterocycles. The van der Waals surface area contributed by atoms with E-state index in [-0.39, 0.29) is 11.7 Å². The van der Waals surface area contributed by atoms with Crippen LogP contribution in [0.25, 0.3) is 17.0 Å². The number of halogens is 2. The number of ether oxygens (including phenoxy) is 1. The molecular weight excluding hydrogens is 503 g/mol. The number of para-hydroxylation sites is 1. The minimum atomic E-state index is -0.245. The fourth-order valence-corrected chi connectivity index (χ4v) is 5.79. The zero-order chi connectivity index (χ0) is 24.7. The summed E-state index contributed by atoms with van der Waals surface area (Å²) in [4.78, 5) is 15.4. The standard InChI is InChI=1S/C27H20ClFN2O2S2/c1-16-20(19-8-4-6-10-23(19)30(16)15-17-7-3-5-9-22(17)29)14-25-26(32)31(27(34)35-25)18-11-12-24(33-2)21(28)13-18/h3-14H,15H2,1-2H3/b25-14-. The molecule has 4 aromatic rings. The highest BCUT2D eigenvalue weighted by molar-refractivity contribution is 8.27. The van der Waals surface area contributed by atoms with Crippen LogP contribution in [0.3, 0.4) is 0 Å². The zero-order valence-corrected chi connectivity index (χ0v) is 21.3. The van der Waals surface area contributed by atoms with Crippen LogP contribution in [-0.4, -0.2) is 21.9 Å². The molecule has 1 saturated heterocycles. The molecule has 1 fully saturated rings. The van der Waals surface area contributed by atoms with Gasteiger partial charge in [-0.25, -0.2) is 4.39 Å². The van der Waals surface area contributed by atoms with E-state index in [1.807, 2.05) is 43.3 Å². The van der Waals surface area contributed by atoms with E-state index in [4.69, 9.17) is 28.6 Å². The van der Waals surface area contributed by atoms with E-state index in [0.29, 0.717) is 37.8 Å². The Hall–Kier alpha value is -3.13. The molecule has 1 aliphatic heterocycles. The molecule has 5 rings (SSSR count). The van der Waals surface area contributed by atoms with Gasteiger partial charge in [-0.15, -0.1) is 0 Å². The minimum absolute atomic E-state index is 0.216. The molecule has 35 heavy (non-hydrogen) atoms. The van der Waals surface area contributed by atoms with Crippen molar-refractivity contribution in [2.45, 2.75) is 13.5 Å². The molecule has 4 nitrogen and oxygen atoms in total. The summed E-state index contributed by atoms with van der Waals surface area (Å²) in [5.41, 5.74) is 4.00. The molecule has 1 aromatic heterocycles. The van der Waals surface area contributed by atoms with E-state index in [1.165, 1.54) is 29.8 Å². The third kappa shape index (κ3) is 4.24. The predicted octanol–water partition coefficient (Wildman–Crippen LogP) is 7.20. The molecule has 8 heteroatoms. The van der Waals surface area contributed by atoms with Crippen LogP contribution < -0.4 is 9.64 Å². The summed E-state index contributed by atoms with van der Waals surface area (Å²) in [6.45, 7) is 2.37. The Labute approximate surface area is 216 Å². The Morgan fingerprint density at radius 1 is 1.11 bits per heavy atom. The van der Waals surface area contributed by atoms with Gasteiger partial charge in [0.05, 0.1) is 29.3 Å². The first-order valence-corrected chi connectivity index (χ1v) is 12.4. The fourth-order valence-electron chi connectivity index (χ4n) is 4.26. The molecule has 0 N–H and O–H groups in total. The number of carbonyl (C=O) groups is 1. The van der Waals surface area contributed by atoms with Gasteiger partial charge in [0.25, 0.3) is 5.91 Å². The SMILES string of the molecule is COc1ccc(N2C(=O)/C(=C/c3c(C)n(Cc4ccccc4F)c4ccccc34)SC2=S)cc1Cl. The van der Waals surface area contributed by atoms with Crippen molar-refractivity contribution in [3.8, 4) is 5.75 Å². The number of fused-ring (bicyclic) bond motifs is 1. The largest absolute Gasteiger partial charge is 0.495 e. The highest BCUT2D eigenvalue weighted by atomic mass is 35.5. The number of hydrogen-bond acceptors (Lipinski definition) is 4. The third-order valence-electron chi connectivity index (χ3n) is 6.03. The molecule has 0 bridgehead atoms. The number of thiocarbonyl (C=S) groups is 1. The monoisotopic (exact) mass is 522 g/mol. The van der Waals surface area contributed by atoms with Crippen LogP contribution >= 0.6 is 35.6 Å². The molecule has 0 atom stereocenters. The lowest BCUT2D eigenvalue weighted by Gasteiger charge is -2.15. The average Bonchev–Trinajstić information content (AvgIpc) is 3.28. The van der Waals surface area contributed by atoms with Crippen LogP contribution in [0.2, 0.25) is 5.02 Å². The number of anilines is 1. The lowest BCUT2D eigenvalue weighted by molar-refractivity contribution is -0.113. The van der Waals surface area contributed by atoms with Gasteiger partial charge < -0.3 is 9.30 Å². The lowest BCUT2D eigenvalue weighted by Crippen LogP contribution is -2.27. The van der Waals surface area contributed by atoms with Gasteiger partial charge in [0.2, 0.25) is 0 Å². The first kappa shape index (κ1) is 23.6. The van der Waals surface area contributed by atoms with Gasteiger partial charge in [0.15, 0.2) is 4.32 Å². The summed E-state index contributed by atoms with van der Waals surface area (Å²) in [5, 5.41) is 1.38. The smallest absolute Gasteiger partial charge is 0.270 e. The van der Waals surface area contributed by atoms with Crippen LogP contribution in [-0.2, 0) is 11.3 Å². The number of nitrogens with zero attached hydrogens (tertiary/aromatic N) is 2. The number of amides is 1. The van der Waals surface area contributed by atoms with Gasteiger partial charge >= 0.3 is 0 Å². The van der Waals surface area contributed by atoms with Gasteiger partial charge in [-0.3, -0.25) is 9.69 Å². The molecule has 0 saturated carbocycles. The molecule has 0 aliphatic carbocycles. The summed E-state index contributed by atoms with van der Waals surface area (Å²) in [7, 11) is 1.54. The second-order valence-corrected chi connectivity index (χ2v) is 10.1. The second kappa shape index (κ2) is 9.49. The van der Waals surface area contributed by atoms with E-state index < -0.39 is 0 Å². The quantitative estimate of drug-likeness (QED) is 0.205. The zero-order valence-electron chi connectivity index (χ0n) is 18.9. The van der Waals surface area contributed by atoms with E-state index in [0.717, 1.165) is 22.2 Å². The molecule has 1 amide bonds. The molecule has 0 spiro atoms. The molecule has 0 unspecified atom stereocenters. The lowest BCUT2D eigenvalue weighted by atomic mass is 10.1. The van der Waals surface area contributed by atoms with Gasteiger partial charge in [-0.1, -0.05) is 72.0 Å². The summed E-state index contributed by atoms with van der Waals surface area (Å²) >= 11 is 13.1.